The Morgan fingerprint density at radius 1 is 0.735 bits per heavy atom. The smallest absolute Gasteiger partial charge is 0.282 e. The normalized spacial score (nSPS) is 16.6. The van der Waals surface area contributed by atoms with Gasteiger partial charge in [0.15, 0.2) is 0 Å². The highest BCUT2D eigenvalue weighted by atomic mass is 16.2. The van der Waals surface area contributed by atoms with E-state index in [0.717, 1.165) is 41.2 Å². The number of nitrogens with zero attached hydrogens (tertiary/aromatic N) is 4. The molecule has 0 radical (unpaired) electrons. The van der Waals surface area contributed by atoms with Crippen molar-refractivity contribution in [1.29, 1.82) is 0 Å². The van der Waals surface area contributed by atoms with Crippen LogP contribution in [-0.4, -0.2) is 47.9 Å². The Bertz CT molecular complexity index is 1270. The molecule has 1 aromatic heterocycles. The van der Waals surface area contributed by atoms with Gasteiger partial charge in [0, 0.05) is 32.4 Å². The first kappa shape index (κ1) is 21.9. The van der Waals surface area contributed by atoms with Gasteiger partial charge in [-0.2, -0.15) is 0 Å². The molecule has 6 nitrogen and oxygen atoms in total. The van der Waals surface area contributed by atoms with E-state index >= 15 is 0 Å². The van der Waals surface area contributed by atoms with E-state index in [0.29, 0.717) is 30.0 Å². The number of rotatable bonds is 4. The van der Waals surface area contributed by atoms with E-state index in [1.54, 1.807) is 6.20 Å². The molecule has 1 fully saturated rings. The highest BCUT2D eigenvalue weighted by Crippen LogP contribution is 2.37. The topological polar surface area (TPSA) is 56.8 Å². The molecule has 1 saturated heterocycles. The number of piperazine rings is 1. The Kier molecular flexibility index (Phi) is 5.65. The van der Waals surface area contributed by atoms with Gasteiger partial charge < -0.3 is 9.80 Å². The van der Waals surface area contributed by atoms with Crippen LogP contribution in [0.15, 0.2) is 72.6 Å². The Morgan fingerprint density at radius 2 is 1.41 bits per heavy atom. The van der Waals surface area contributed by atoms with Gasteiger partial charge >= 0.3 is 0 Å². The van der Waals surface area contributed by atoms with E-state index in [2.05, 4.69) is 14.8 Å². The van der Waals surface area contributed by atoms with Crippen LogP contribution in [0.2, 0.25) is 0 Å². The molecular weight excluding hydrogens is 424 g/mol. The summed E-state index contributed by atoms with van der Waals surface area (Å²) in [6.07, 6.45) is 1.79. The minimum atomic E-state index is -0.260. The zero-order valence-electron chi connectivity index (χ0n) is 19.8. The van der Waals surface area contributed by atoms with Crippen molar-refractivity contribution < 1.29 is 9.59 Å². The fourth-order valence-electron chi connectivity index (χ4n) is 4.67. The van der Waals surface area contributed by atoms with Crippen LogP contribution in [0.4, 0.5) is 11.5 Å². The number of amides is 2. The molecule has 34 heavy (non-hydrogen) atoms. The molecule has 172 valence electrons. The number of carbonyl (C=O) groups is 2. The summed E-state index contributed by atoms with van der Waals surface area (Å²) in [5, 5.41) is 0. The molecule has 6 heteroatoms. The number of benzene rings is 2. The van der Waals surface area contributed by atoms with Crippen LogP contribution in [-0.2, 0) is 9.59 Å². The Balaban J connectivity index is 1.53. The summed E-state index contributed by atoms with van der Waals surface area (Å²) in [6, 6.07) is 19.6. The van der Waals surface area contributed by atoms with Crippen LogP contribution in [0.25, 0.3) is 5.57 Å². The molecule has 3 heterocycles. The maximum absolute atomic E-state index is 13.9. The van der Waals surface area contributed by atoms with Crippen molar-refractivity contribution in [2.24, 2.45) is 0 Å². The summed E-state index contributed by atoms with van der Waals surface area (Å²) in [6.45, 7) is 8.66. The predicted octanol–water partition coefficient (Wildman–Crippen LogP) is 4.11. The number of hydrogen-bond acceptors (Lipinski definition) is 5. The first-order valence-electron chi connectivity index (χ1n) is 11.6. The van der Waals surface area contributed by atoms with E-state index in [-0.39, 0.29) is 11.8 Å². The van der Waals surface area contributed by atoms with Gasteiger partial charge in [-0.1, -0.05) is 48.0 Å². The van der Waals surface area contributed by atoms with E-state index in [4.69, 9.17) is 0 Å². The van der Waals surface area contributed by atoms with Crippen LogP contribution < -0.4 is 9.80 Å². The third-order valence-corrected chi connectivity index (χ3v) is 6.57. The fraction of sp³-hybridized carbons (Fsp3) is 0.250. The lowest BCUT2D eigenvalue weighted by molar-refractivity contribution is -0.120. The molecular formula is C28H28N4O2. The maximum atomic E-state index is 13.9. The molecule has 5 rings (SSSR count). The number of aromatic nitrogens is 1. The Hall–Kier alpha value is -3.93. The van der Waals surface area contributed by atoms with E-state index in [9.17, 15) is 9.59 Å². The molecule has 0 saturated carbocycles. The summed E-state index contributed by atoms with van der Waals surface area (Å²) >= 11 is 0. The third-order valence-electron chi connectivity index (χ3n) is 6.57. The summed E-state index contributed by atoms with van der Waals surface area (Å²) in [5.41, 5.74) is 5.43. The fourth-order valence-corrected chi connectivity index (χ4v) is 4.67. The lowest BCUT2D eigenvalue weighted by atomic mass is 10.0. The van der Waals surface area contributed by atoms with Crippen LogP contribution >= 0.6 is 0 Å². The highest BCUT2D eigenvalue weighted by molar-refractivity contribution is 6.45. The number of pyridine rings is 1. The SMILES string of the molecule is Cc1ccc(C2=C(N3CCN(c4ccccn4)CC3)C(=O)N(c3cc(C)ccc3C)C2=O)cc1. The molecule has 2 aliphatic heterocycles. The summed E-state index contributed by atoms with van der Waals surface area (Å²) in [5.74, 6) is 0.422. The average Bonchev–Trinajstić information content (AvgIpc) is 3.11. The van der Waals surface area contributed by atoms with Crippen molar-refractivity contribution in [2.45, 2.75) is 20.8 Å². The van der Waals surface area contributed by atoms with Gasteiger partial charge in [-0.05, 0) is 55.7 Å². The second kappa shape index (κ2) is 8.78. The summed E-state index contributed by atoms with van der Waals surface area (Å²) in [7, 11) is 0. The van der Waals surface area contributed by atoms with Crippen molar-refractivity contribution >= 4 is 28.9 Å². The molecule has 3 aromatic rings. The van der Waals surface area contributed by atoms with E-state index in [1.165, 1.54) is 4.90 Å². The first-order valence-corrected chi connectivity index (χ1v) is 11.6. The first-order chi connectivity index (χ1) is 16.4. The molecule has 0 N–H and O–H groups in total. The predicted molar refractivity (Wildman–Crippen MR) is 135 cm³/mol. The summed E-state index contributed by atoms with van der Waals surface area (Å²) in [4.78, 5) is 37.8. The molecule has 0 aliphatic carbocycles. The second-order valence-corrected chi connectivity index (χ2v) is 8.99. The second-order valence-electron chi connectivity index (χ2n) is 8.99. The average molecular weight is 453 g/mol. The van der Waals surface area contributed by atoms with Crippen LogP contribution in [0.3, 0.4) is 0 Å². The Morgan fingerprint density at radius 3 is 2.09 bits per heavy atom. The third kappa shape index (κ3) is 3.85. The van der Waals surface area contributed by atoms with E-state index in [1.807, 2.05) is 81.4 Å². The Labute approximate surface area is 200 Å². The van der Waals surface area contributed by atoms with Crippen LogP contribution in [0.5, 0.6) is 0 Å². The molecule has 2 amide bonds. The molecule has 0 atom stereocenters. The number of carbonyl (C=O) groups excluding carboxylic acids is 2. The quantitative estimate of drug-likeness (QED) is 0.558. The standard InChI is InChI=1S/C28H28N4O2/c1-19-8-11-22(12-9-19)25-26(31-16-14-30(15-17-31)24-6-4-5-13-29-24)28(34)32(27(25)33)23-18-20(2)7-10-21(23)3/h4-13,18H,14-17H2,1-3H3. The largest absolute Gasteiger partial charge is 0.363 e. The molecule has 0 spiro atoms. The van der Waals surface area contributed by atoms with Crippen molar-refractivity contribution in [3.05, 3.63) is 94.8 Å². The minimum absolute atomic E-state index is 0.249. The van der Waals surface area contributed by atoms with Crippen LogP contribution in [0.1, 0.15) is 22.3 Å². The minimum Gasteiger partial charge on any atom is -0.363 e. The van der Waals surface area contributed by atoms with Gasteiger partial charge in [-0.3, -0.25) is 9.59 Å². The molecule has 0 unspecified atom stereocenters. The zero-order chi connectivity index (χ0) is 23.8. The zero-order valence-corrected chi connectivity index (χ0v) is 19.8. The highest BCUT2D eigenvalue weighted by Gasteiger charge is 2.43. The maximum Gasteiger partial charge on any atom is 0.282 e. The van der Waals surface area contributed by atoms with Crippen molar-refractivity contribution in [3.8, 4) is 0 Å². The van der Waals surface area contributed by atoms with Crippen molar-refractivity contribution in [1.82, 2.24) is 9.88 Å². The number of hydrogen-bond donors (Lipinski definition) is 0. The number of imide groups is 1. The summed E-state index contributed by atoms with van der Waals surface area (Å²) < 4.78 is 0. The van der Waals surface area contributed by atoms with Gasteiger partial charge in [0.05, 0.1) is 11.3 Å². The molecule has 0 bridgehead atoms. The van der Waals surface area contributed by atoms with Gasteiger partial charge in [0.2, 0.25) is 0 Å². The van der Waals surface area contributed by atoms with Crippen molar-refractivity contribution in [3.63, 3.8) is 0 Å². The van der Waals surface area contributed by atoms with Gasteiger partial charge in [0.25, 0.3) is 11.8 Å². The molecule has 2 aliphatic rings. The number of aryl methyl sites for hydroxylation is 3. The van der Waals surface area contributed by atoms with E-state index < -0.39 is 0 Å². The van der Waals surface area contributed by atoms with Crippen LogP contribution in [0, 0.1) is 20.8 Å². The molecule has 2 aromatic carbocycles. The van der Waals surface area contributed by atoms with Gasteiger partial charge in [-0.25, -0.2) is 9.88 Å². The van der Waals surface area contributed by atoms with Crippen molar-refractivity contribution in [2.75, 3.05) is 36.0 Å². The van der Waals surface area contributed by atoms with Gasteiger partial charge in [0.1, 0.15) is 11.5 Å². The lowest BCUT2D eigenvalue weighted by Crippen LogP contribution is -2.48. The van der Waals surface area contributed by atoms with Gasteiger partial charge in [-0.15, -0.1) is 0 Å². The lowest BCUT2D eigenvalue weighted by Gasteiger charge is -2.37. The monoisotopic (exact) mass is 452 g/mol. The number of anilines is 2.